The highest BCUT2D eigenvalue weighted by atomic mass is 16.6. The van der Waals surface area contributed by atoms with Crippen LogP contribution < -0.4 is 0 Å². The van der Waals surface area contributed by atoms with E-state index in [9.17, 15) is 14.7 Å². The second kappa shape index (κ2) is 19.3. The topological polar surface area (TPSA) is 72.8 Å². The van der Waals surface area contributed by atoms with Crippen LogP contribution in [0.5, 0.6) is 0 Å². The third-order valence-corrected chi connectivity index (χ3v) is 9.14. The summed E-state index contributed by atoms with van der Waals surface area (Å²) in [6, 6.07) is 0. The van der Waals surface area contributed by atoms with Crippen LogP contribution in [-0.4, -0.2) is 36.4 Å². The molecule has 262 valence electrons. The second-order valence-electron chi connectivity index (χ2n) is 14.7. The molecule has 0 spiro atoms. The minimum Gasteiger partial charge on any atom is -0.458 e. The molecule has 1 atom stereocenters. The highest BCUT2D eigenvalue weighted by Crippen LogP contribution is 2.41. The lowest BCUT2D eigenvalue weighted by molar-refractivity contribution is -0.155. The van der Waals surface area contributed by atoms with Crippen LogP contribution >= 0.6 is 0 Å². The number of aliphatic hydroxyl groups excluding tert-OH is 1. The van der Waals surface area contributed by atoms with Crippen LogP contribution in [0.2, 0.25) is 0 Å². The molecule has 2 rings (SSSR count). The maximum atomic E-state index is 12.4. The molecule has 2 aliphatic rings. The molecule has 0 fully saturated rings. The normalized spacial score (nSPS) is 20.5. The number of ether oxygens (including phenoxy) is 2. The van der Waals surface area contributed by atoms with Crippen LogP contribution in [0.15, 0.2) is 117 Å². The Labute approximate surface area is 291 Å². The summed E-state index contributed by atoms with van der Waals surface area (Å²) >= 11 is 0. The molecule has 0 saturated carbocycles. The molecular weight excluding hydrogens is 596 g/mol. The lowest BCUT2D eigenvalue weighted by Crippen LogP contribution is -2.27. The van der Waals surface area contributed by atoms with Gasteiger partial charge in [-0.05, 0) is 113 Å². The van der Waals surface area contributed by atoms with Crippen molar-refractivity contribution in [3.63, 3.8) is 0 Å². The van der Waals surface area contributed by atoms with Crippen molar-refractivity contribution in [3.8, 4) is 0 Å². The molecule has 0 aromatic heterocycles. The van der Waals surface area contributed by atoms with Gasteiger partial charge in [-0.15, -0.1) is 0 Å². The zero-order chi connectivity index (χ0) is 35.9. The first-order valence-electron chi connectivity index (χ1n) is 17.4. The molecule has 1 N–H and O–H groups in total. The number of aliphatic hydroxyl groups is 1. The molecule has 0 bridgehead atoms. The number of carbonyl (C=O) groups excluding carboxylic acids is 2. The first-order chi connectivity index (χ1) is 22.5. The van der Waals surface area contributed by atoms with E-state index >= 15 is 0 Å². The zero-order valence-electron chi connectivity index (χ0n) is 31.2. The van der Waals surface area contributed by atoms with Crippen molar-refractivity contribution in [3.05, 3.63) is 117 Å². The van der Waals surface area contributed by atoms with Gasteiger partial charge in [-0.2, -0.15) is 0 Å². The number of rotatable bonds is 14. The fourth-order valence-corrected chi connectivity index (χ4v) is 6.27. The molecule has 0 aromatic carbocycles. The van der Waals surface area contributed by atoms with Crippen molar-refractivity contribution in [2.75, 3.05) is 13.2 Å². The van der Waals surface area contributed by atoms with E-state index in [1.165, 1.54) is 60.1 Å². The van der Waals surface area contributed by atoms with Gasteiger partial charge in [-0.25, -0.2) is 9.59 Å². The van der Waals surface area contributed by atoms with Crippen LogP contribution in [0.25, 0.3) is 0 Å². The van der Waals surface area contributed by atoms with Crippen LogP contribution in [0.3, 0.4) is 0 Å². The molecule has 0 heterocycles. The predicted molar refractivity (Wildman–Crippen MR) is 200 cm³/mol. The molecule has 0 aliphatic heterocycles. The highest BCUT2D eigenvalue weighted by Gasteiger charge is 2.27. The summed E-state index contributed by atoms with van der Waals surface area (Å²) in [5, 5.41) is 9.68. The summed E-state index contributed by atoms with van der Waals surface area (Å²) in [5.41, 5.74) is 9.81. The monoisotopic (exact) mass is 656 g/mol. The number of allylic oxidation sites excluding steroid dienone is 18. The van der Waals surface area contributed by atoms with Crippen molar-refractivity contribution in [1.82, 2.24) is 0 Å². The Kier molecular flexibility index (Phi) is 16.3. The van der Waals surface area contributed by atoms with Crippen molar-refractivity contribution in [1.29, 1.82) is 0 Å². The first-order valence-corrected chi connectivity index (χ1v) is 17.4. The van der Waals surface area contributed by atoms with Crippen molar-refractivity contribution in [2.24, 2.45) is 10.8 Å². The highest BCUT2D eigenvalue weighted by molar-refractivity contribution is 5.84. The predicted octanol–water partition coefficient (Wildman–Crippen LogP) is 10.5. The second-order valence-corrected chi connectivity index (χ2v) is 14.7. The number of hydrogen-bond acceptors (Lipinski definition) is 5. The Bertz CT molecular complexity index is 1460. The molecular formula is C43H60O5. The smallest absolute Gasteiger partial charge is 0.331 e. The summed E-state index contributed by atoms with van der Waals surface area (Å²) in [5.74, 6) is -1.18. The maximum Gasteiger partial charge on any atom is 0.331 e. The number of esters is 2. The first kappa shape index (κ1) is 40.5. The molecule has 0 unspecified atom stereocenters. The summed E-state index contributed by atoms with van der Waals surface area (Å²) in [6.07, 6.45) is 29.2. The van der Waals surface area contributed by atoms with Gasteiger partial charge in [0.25, 0.3) is 0 Å². The average molecular weight is 657 g/mol. The molecule has 0 radical (unpaired) electrons. The Hall–Kier alpha value is -3.70. The van der Waals surface area contributed by atoms with Gasteiger partial charge < -0.3 is 14.6 Å². The summed E-state index contributed by atoms with van der Waals surface area (Å²) < 4.78 is 10.5. The zero-order valence-corrected chi connectivity index (χ0v) is 31.2. The molecule has 0 aromatic rings. The van der Waals surface area contributed by atoms with Gasteiger partial charge in [0.2, 0.25) is 0 Å². The fraction of sp³-hybridized carbons (Fsp3) is 0.488. The third kappa shape index (κ3) is 14.2. The molecule has 5 nitrogen and oxygen atoms in total. The van der Waals surface area contributed by atoms with Crippen LogP contribution in [-0.2, 0) is 19.1 Å². The third-order valence-electron chi connectivity index (χ3n) is 9.14. The van der Waals surface area contributed by atoms with E-state index < -0.39 is 24.6 Å². The fourth-order valence-electron chi connectivity index (χ4n) is 6.27. The van der Waals surface area contributed by atoms with Gasteiger partial charge in [-0.3, -0.25) is 0 Å². The minimum absolute atomic E-state index is 0.199. The lowest BCUT2D eigenvalue weighted by Gasteiger charge is -2.33. The summed E-state index contributed by atoms with van der Waals surface area (Å²) in [4.78, 5) is 24.8. The van der Waals surface area contributed by atoms with Crippen LogP contribution in [0.1, 0.15) is 108 Å². The van der Waals surface area contributed by atoms with Gasteiger partial charge in [0, 0.05) is 12.2 Å². The van der Waals surface area contributed by atoms with Gasteiger partial charge >= 0.3 is 11.9 Å². The average Bonchev–Trinajstić information content (AvgIpc) is 2.98. The molecule has 5 heteroatoms. The maximum absolute atomic E-state index is 12.4. The molecule has 48 heavy (non-hydrogen) atoms. The van der Waals surface area contributed by atoms with Crippen molar-refractivity contribution < 1.29 is 24.2 Å². The largest absolute Gasteiger partial charge is 0.458 e. The molecule has 0 amide bonds. The molecule has 2 aliphatic carbocycles. The Morgan fingerprint density at radius 2 is 1.15 bits per heavy atom. The summed E-state index contributed by atoms with van der Waals surface area (Å²) in [7, 11) is 0. The van der Waals surface area contributed by atoms with E-state index in [0.29, 0.717) is 11.1 Å². The Morgan fingerprint density at radius 1 is 0.708 bits per heavy atom. The van der Waals surface area contributed by atoms with Crippen LogP contribution in [0, 0.1) is 10.8 Å². The van der Waals surface area contributed by atoms with Gasteiger partial charge in [0.1, 0.15) is 6.61 Å². The van der Waals surface area contributed by atoms with E-state index in [1.54, 1.807) is 6.92 Å². The number of hydrogen-bond donors (Lipinski definition) is 1. The Morgan fingerprint density at radius 3 is 1.56 bits per heavy atom. The van der Waals surface area contributed by atoms with Gasteiger partial charge in [0.05, 0.1) is 6.61 Å². The molecule has 0 saturated heterocycles. The quantitative estimate of drug-likeness (QED) is 0.114. The van der Waals surface area contributed by atoms with E-state index in [4.69, 9.17) is 9.47 Å². The van der Waals surface area contributed by atoms with Gasteiger partial charge in [0.15, 0.2) is 6.10 Å². The van der Waals surface area contributed by atoms with Crippen molar-refractivity contribution in [2.45, 2.75) is 114 Å². The van der Waals surface area contributed by atoms with Crippen LogP contribution in [0.4, 0.5) is 0 Å². The standard InChI is InChI=1S/C43H60O5/c1-31(21-23-38-35(5)19-13-25-42(38,7)8)15-11-17-33(3)27-40(45)47-30-37(29-44)48-41(46)28-34(4)18-12-16-32(2)22-24-39-36(6)20-14-26-43(39,9)10/h11-12,15-18,21-24,27-28,37,44H,13-14,19-20,25-26,29-30H2,1-10H3/b17-11+,18-12+,23-21+,24-22+,31-15+,32-16+,33-27+,34-28+/t37-/m0/s1. The SMILES string of the molecule is CC1=C(/C=C/C(C)=C/C=C/C(C)=C/C(=O)OC[C@H](CO)OC(=O)/C=C(C)/C=C/C=C(C)/C=C/C2=C(C)CCCC2(C)C)C(C)(C)CCC1. The van der Waals surface area contributed by atoms with Gasteiger partial charge in [-0.1, -0.05) is 111 Å². The Balaban J connectivity index is 1.85. The summed E-state index contributed by atoms with van der Waals surface area (Å²) in [6.45, 7) is 20.7. The van der Waals surface area contributed by atoms with Crippen molar-refractivity contribution >= 4 is 11.9 Å². The van der Waals surface area contributed by atoms with E-state index in [0.717, 1.165) is 24.0 Å². The minimum atomic E-state index is -0.960. The number of carbonyl (C=O) groups is 2. The van der Waals surface area contributed by atoms with E-state index in [-0.39, 0.29) is 17.4 Å². The lowest BCUT2D eigenvalue weighted by atomic mass is 9.72. The van der Waals surface area contributed by atoms with E-state index in [2.05, 4.69) is 79.7 Å². The van der Waals surface area contributed by atoms with E-state index in [1.807, 2.05) is 43.4 Å².